The molecule has 0 aliphatic heterocycles. The van der Waals surface area contributed by atoms with Crippen LogP contribution in [-0.2, 0) is 29.8 Å². The Morgan fingerprint density at radius 2 is 2.00 bits per heavy atom. The summed E-state index contributed by atoms with van der Waals surface area (Å²) >= 11 is 0. The van der Waals surface area contributed by atoms with Crippen LogP contribution in [0.25, 0.3) is 22.3 Å². The summed E-state index contributed by atoms with van der Waals surface area (Å²) in [6, 6.07) is 4.98. The number of benzene rings is 1. The minimum absolute atomic E-state index is 0.0755. The minimum atomic E-state index is -4.71. The first-order valence-corrected chi connectivity index (χ1v) is 10.5. The number of rotatable bonds is 6. The predicted octanol–water partition coefficient (Wildman–Crippen LogP) is 2.73. The van der Waals surface area contributed by atoms with Gasteiger partial charge in [-0.1, -0.05) is 5.16 Å². The van der Waals surface area contributed by atoms with E-state index < -0.39 is 22.1 Å². The largest absolute Gasteiger partial charge is 0.471 e. The van der Waals surface area contributed by atoms with Gasteiger partial charge in [-0.05, 0) is 30.7 Å². The van der Waals surface area contributed by atoms with E-state index >= 15 is 0 Å². The van der Waals surface area contributed by atoms with E-state index in [-0.39, 0.29) is 17.3 Å². The van der Waals surface area contributed by atoms with Gasteiger partial charge in [0.15, 0.2) is 0 Å². The van der Waals surface area contributed by atoms with Crippen LogP contribution in [0.1, 0.15) is 11.5 Å². The maximum absolute atomic E-state index is 12.7. The fourth-order valence-electron chi connectivity index (χ4n) is 3.18. The summed E-state index contributed by atoms with van der Waals surface area (Å²) in [5.74, 6) is -1.57. The Morgan fingerprint density at radius 3 is 2.65 bits per heavy atom. The van der Waals surface area contributed by atoms with Crippen LogP contribution in [0.5, 0.6) is 0 Å². The highest BCUT2D eigenvalue weighted by atomic mass is 32.2. The van der Waals surface area contributed by atoms with Crippen molar-refractivity contribution in [3.63, 3.8) is 0 Å². The van der Waals surface area contributed by atoms with E-state index in [4.69, 9.17) is 0 Å². The molecule has 0 aliphatic carbocycles. The van der Waals surface area contributed by atoms with E-state index in [0.717, 1.165) is 16.5 Å². The summed E-state index contributed by atoms with van der Waals surface area (Å²) in [6.07, 6.45) is -0.204. The van der Waals surface area contributed by atoms with Crippen molar-refractivity contribution in [1.29, 1.82) is 0 Å². The molecule has 0 radical (unpaired) electrons. The van der Waals surface area contributed by atoms with E-state index in [2.05, 4.69) is 24.5 Å². The Hall–Kier alpha value is -3.19. The quantitative estimate of drug-likeness (QED) is 0.480. The van der Waals surface area contributed by atoms with Crippen LogP contribution in [0.3, 0.4) is 0 Å². The summed E-state index contributed by atoms with van der Waals surface area (Å²) in [5.41, 5.74) is 2.04. The topological polar surface area (TPSA) is 108 Å². The van der Waals surface area contributed by atoms with Crippen molar-refractivity contribution in [3.05, 3.63) is 48.2 Å². The first kappa shape index (κ1) is 21.1. The second kappa shape index (κ2) is 7.50. The normalized spacial score (nSPS) is 12.7. The van der Waals surface area contributed by atoms with Crippen LogP contribution in [0, 0.1) is 6.92 Å². The van der Waals surface area contributed by atoms with Gasteiger partial charge in [-0.3, -0.25) is 4.68 Å². The van der Waals surface area contributed by atoms with Gasteiger partial charge >= 0.3 is 12.1 Å². The summed E-state index contributed by atoms with van der Waals surface area (Å²) in [6.45, 7) is 2.34. The Bertz CT molecular complexity index is 1350. The minimum Gasteiger partial charge on any atom is -0.346 e. The van der Waals surface area contributed by atoms with Crippen molar-refractivity contribution < 1.29 is 26.1 Å². The van der Waals surface area contributed by atoms with Gasteiger partial charge in [0, 0.05) is 49.0 Å². The molecule has 3 aromatic heterocycles. The zero-order valence-corrected chi connectivity index (χ0v) is 17.2. The molecule has 1 N–H and O–H groups in total. The third-order valence-electron chi connectivity index (χ3n) is 4.64. The molecular formula is C18H17F3N6O3S. The third-order valence-corrected chi connectivity index (χ3v) is 6.06. The number of sulfonamides is 1. The predicted molar refractivity (Wildman–Crippen MR) is 103 cm³/mol. The van der Waals surface area contributed by atoms with Crippen molar-refractivity contribution in [1.82, 2.24) is 29.2 Å². The zero-order valence-electron chi connectivity index (χ0n) is 16.4. The van der Waals surface area contributed by atoms with E-state index in [0.29, 0.717) is 12.1 Å². The monoisotopic (exact) mass is 454 g/mol. The molecule has 0 saturated heterocycles. The second-order valence-electron chi connectivity index (χ2n) is 6.91. The summed E-state index contributed by atoms with van der Waals surface area (Å²) in [5, 5.41) is 8.04. The van der Waals surface area contributed by atoms with E-state index in [1.807, 2.05) is 17.7 Å². The standard InChI is InChI=1S/C18H17F3N6O3S/c1-11-9-27(6-5-23-31(28,29)13-8-22-26(2)10-13)15-4-3-12(7-14(11)15)16-24-17(30-25-16)18(19,20)21/h3-4,7-10,23H,5-6H2,1-2H3. The highest BCUT2D eigenvalue weighted by Crippen LogP contribution is 2.31. The lowest BCUT2D eigenvalue weighted by atomic mass is 10.1. The van der Waals surface area contributed by atoms with Gasteiger partial charge < -0.3 is 9.09 Å². The maximum atomic E-state index is 12.7. The van der Waals surface area contributed by atoms with Crippen LogP contribution in [0.2, 0.25) is 0 Å². The molecule has 0 spiro atoms. The molecule has 164 valence electrons. The average molecular weight is 454 g/mol. The lowest BCUT2D eigenvalue weighted by Gasteiger charge is -2.07. The molecule has 3 heterocycles. The molecule has 0 saturated carbocycles. The van der Waals surface area contributed by atoms with Crippen LogP contribution in [-0.4, -0.2) is 39.5 Å². The lowest BCUT2D eigenvalue weighted by Crippen LogP contribution is -2.27. The molecule has 9 nitrogen and oxygen atoms in total. The molecule has 0 unspecified atom stereocenters. The Balaban J connectivity index is 1.53. The summed E-state index contributed by atoms with van der Waals surface area (Å²) in [4.78, 5) is 3.48. The van der Waals surface area contributed by atoms with Gasteiger partial charge in [-0.2, -0.15) is 23.3 Å². The Morgan fingerprint density at radius 1 is 1.23 bits per heavy atom. The van der Waals surface area contributed by atoms with Crippen molar-refractivity contribution in [3.8, 4) is 11.4 Å². The number of aromatic nitrogens is 5. The number of nitrogens with zero attached hydrogens (tertiary/aromatic N) is 5. The third kappa shape index (κ3) is 4.18. The van der Waals surface area contributed by atoms with Crippen molar-refractivity contribution in [2.75, 3.05) is 6.54 Å². The molecule has 31 heavy (non-hydrogen) atoms. The van der Waals surface area contributed by atoms with Gasteiger partial charge in [0.05, 0.1) is 6.20 Å². The lowest BCUT2D eigenvalue weighted by molar-refractivity contribution is -0.159. The van der Waals surface area contributed by atoms with Crippen LogP contribution in [0.15, 0.2) is 46.2 Å². The van der Waals surface area contributed by atoms with Crippen LogP contribution in [0.4, 0.5) is 13.2 Å². The molecular weight excluding hydrogens is 437 g/mol. The van der Waals surface area contributed by atoms with E-state index in [1.54, 1.807) is 25.2 Å². The maximum Gasteiger partial charge on any atom is 0.471 e. The highest BCUT2D eigenvalue weighted by Gasteiger charge is 2.38. The van der Waals surface area contributed by atoms with Crippen molar-refractivity contribution in [2.24, 2.45) is 7.05 Å². The molecule has 13 heteroatoms. The van der Waals surface area contributed by atoms with Crippen molar-refractivity contribution in [2.45, 2.75) is 24.5 Å². The Labute approximate surface area is 174 Å². The highest BCUT2D eigenvalue weighted by molar-refractivity contribution is 7.89. The fourth-order valence-corrected chi connectivity index (χ4v) is 4.18. The molecule has 0 aliphatic rings. The summed E-state index contributed by atoms with van der Waals surface area (Å²) < 4.78 is 72.8. The fraction of sp³-hybridized carbons (Fsp3) is 0.278. The second-order valence-corrected chi connectivity index (χ2v) is 8.67. The number of fused-ring (bicyclic) bond motifs is 1. The smallest absolute Gasteiger partial charge is 0.346 e. The SMILES string of the molecule is Cc1cn(CCNS(=O)(=O)c2cnn(C)c2)c2ccc(-c3noc(C(F)(F)F)n3)cc12. The first-order valence-electron chi connectivity index (χ1n) is 9.04. The molecule has 0 amide bonds. The number of alkyl halides is 3. The first-order chi connectivity index (χ1) is 14.5. The number of halogens is 3. The molecule has 4 aromatic rings. The number of nitrogens with one attached hydrogen (secondary N) is 1. The van der Waals surface area contributed by atoms with Gasteiger partial charge in [0.1, 0.15) is 4.90 Å². The molecule has 0 atom stereocenters. The van der Waals surface area contributed by atoms with Gasteiger partial charge in [-0.25, -0.2) is 13.1 Å². The van der Waals surface area contributed by atoms with Crippen molar-refractivity contribution >= 4 is 20.9 Å². The number of hydrogen-bond donors (Lipinski definition) is 1. The van der Waals surface area contributed by atoms with Crippen LogP contribution >= 0.6 is 0 Å². The molecule has 4 rings (SSSR count). The van der Waals surface area contributed by atoms with Gasteiger partial charge in [0.2, 0.25) is 15.8 Å². The molecule has 0 bridgehead atoms. The van der Waals surface area contributed by atoms with Crippen LogP contribution < -0.4 is 4.72 Å². The average Bonchev–Trinajstić information content (AvgIpc) is 3.41. The molecule has 1 aromatic carbocycles. The molecule has 0 fully saturated rings. The zero-order chi connectivity index (χ0) is 22.4. The summed E-state index contributed by atoms with van der Waals surface area (Å²) in [7, 11) is -2.05. The van der Waals surface area contributed by atoms with E-state index in [1.165, 1.54) is 17.1 Å². The van der Waals surface area contributed by atoms with Gasteiger partial charge in [-0.15, -0.1) is 0 Å². The van der Waals surface area contributed by atoms with E-state index in [9.17, 15) is 21.6 Å². The van der Waals surface area contributed by atoms with Gasteiger partial charge in [0.25, 0.3) is 0 Å². The number of aryl methyl sites for hydroxylation is 2. The number of hydrogen-bond acceptors (Lipinski definition) is 6. The Kier molecular flexibility index (Phi) is 5.09.